The second kappa shape index (κ2) is 5.14. The van der Waals surface area contributed by atoms with Crippen molar-refractivity contribution in [2.24, 2.45) is 0 Å². The van der Waals surface area contributed by atoms with Gasteiger partial charge in [0.25, 0.3) is 0 Å². The maximum atomic E-state index is 11.1. The van der Waals surface area contributed by atoms with Crippen LogP contribution in [0.4, 0.5) is 0 Å². The molecule has 2 aromatic heterocycles. The molecule has 0 spiro atoms. The fourth-order valence-electron chi connectivity index (χ4n) is 1.73. The van der Waals surface area contributed by atoms with Gasteiger partial charge >= 0.3 is 0 Å². The predicted molar refractivity (Wildman–Crippen MR) is 69.2 cm³/mol. The van der Waals surface area contributed by atoms with Gasteiger partial charge in [-0.3, -0.25) is 9.78 Å². The number of carbonyl (C=O) groups is 1. The summed E-state index contributed by atoms with van der Waals surface area (Å²) in [6, 6.07) is 3.57. The van der Waals surface area contributed by atoms with Crippen molar-refractivity contribution < 1.29 is 9.53 Å². The van der Waals surface area contributed by atoms with Gasteiger partial charge in [-0.15, -0.1) is 0 Å². The molecule has 0 aromatic carbocycles. The lowest BCUT2D eigenvalue weighted by molar-refractivity contribution is 0.112. The van der Waals surface area contributed by atoms with E-state index in [0.717, 1.165) is 23.1 Å². The zero-order valence-corrected chi connectivity index (χ0v) is 10.7. The first-order valence-corrected chi connectivity index (χ1v) is 5.66. The van der Waals surface area contributed by atoms with Crippen molar-refractivity contribution in [3.63, 3.8) is 0 Å². The van der Waals surface area contributed by atoms with Crippen LogP contribution in [0, 0.1) is 6.92 Å². The molecule has 0 amide bonds. The molecule has 0 bridgehead atoms. The molecular formula is C13H11ClN2O2. The SMILES string of the molecule is COc1c(-c2cc(C)ncc2C=O)ccnc1Cl. The zero-order chi connectivity index (χ0) is 13.1. The number of nitrogens with zero attached hydrogens (tertiary/aromatic N) is 2. The highest BCUT2D eigenvalue weighted by Crippen LogP contribution is 2.35. The van der Waals surface area contributed by atoms with Gasteiger partial charge in [0.15, 0.2) is 17.2 Å². The first-order valence-electron chi connectivity index (χ1n) is 5.28. The Morgan fingerprint density at radius 1 is 1.33 bits per heavy atom. The maximum Gasteiger partial charge on any atom is 0.171 e. The highest BCUT2D eigenvalue weighted by Gasteiger charge is 2.14. The summed E-state index contributed by atoms with van der Waals surface area (Å²) in [4.78, 5) is 19.1. The molecule has 0 radical (unpaired) electrons. The van der Waals surface area contributed by atoms with Crippen molar-refractivity contribution in [3.8, 4) is 16.9 Å². The highest BCUT2D eigenvalue weighted by molar-refractivity contribution is 6.31. The van der Waals surface area contributed by atoms with Crippen LogP contribution in [0.25, 0.3) is 11.1 Å². The minimum Gasteiger partial charge on any atom is -0.493 e. The number of methoxy groups -OCH3 is 1. The van der Waals surface area contributed by atoms with Crippen LogP contribution in [0.5, 0.6) is 5.75 Å². The number of aryl methyl sites for hydroxylation is 1. The summed E-state index contributed by atoms with van der Waals surface area (Å²) in [7, 11) is 1.51. The van der Waals surface area contributed by atoms with E-state index in [-0.39, 0.29) is 5.15 Å². The van der Waals surface area contributed by atoms with E-state index in [1.807, 2.05) is 13.0 Å². The number of hydrogen-bond acceptors (Lipinski definition) is 4. The second-order valence-corrected chi connectivity index (χ2v) is 4.07. The Kier molecular flexibility index (Phi) is 3.58. The Bertz CT molecular complexity index is 600. The van der Waals surface area contributed by atoms with E-state index in [9.17, 15) is 4.79 Å². The van der Waals surface area contributed by atoms with E-state index in [0.29, 0.717) is 11.3 Å². The van der Waals surface area contributed by atoms with Crippen LogP contribution < -0.4 is 4.74 Å². The van der Waals surface area contributed by atoms with Gasteiger partial charge in [0, 0.05) is 29.2 Å². The minimum atomic E-state index is 0.265. The summed E-state index contributed by atoms with van der Waals surface area (Å²) in [5.74, 6) is 0.452. The molecule has 0 aliphatic carbocycles. The second-order valence-electron chi connectivity index (χ2n) is 3.71. The van der Waals surface area contributed by atoms with E-state index in [4.69, 9.17) is 16.3 Å². The Labute approximate surface area is 110 Å². The molecule has 2 aromatic rings. The lowest BCUT2D eigenvalue weighted by Crippen LogP contribution is -1.96. The molecule has 0 aliphatic heterocycles. The normalized spacial score (nSPS) is 10.2. The zero-order valence-electron chi connectivity index (χ0n) is 9.98. The molecule has 2 heterocycles. The predicted octanol–water partition coefficient (Wildman–Crippen LogP) is 2.93. The highest BCUT2D eigenvalue weighted by atomic mass is 35.5. The molecule has 0 N–H and O–H groups in total. The minimum absolute atomic E-state index is 0.265. The number of pyridine rings is 2. The van der Waals surface area contributed by atoms with Crippen LogP contribution in [0.15, 0.2) is 24.5 Å². The fourth-order valence-corrected chi connectivity index (χ4v) is 1.96. The summed E-state index contributed by atoms with van der Waals surface area (Å²) < 4.78 is 5.24. The average Bonchev–Trinajstić information content (AvgIpc) is 2.38. The summed E-state index contributed by atoms with van der Waals surface area (Å²) in [6.07, 6.45) is 3.87. The van der Waals surface area contributed by atoms with Gasteiger partial charge in [0.05, 0.1) is 7.11 Å². The topological polar surface area (TPSA) is 52.1 Å². The Morgan fingerprint density at radius 2 is 2.11 bits per heavy atom. The van der Waals surface area contributed by atoms with E-state index in [1.54, 1.807) is 12.3 Å². The van der Waals surface area contributed by atoms with Crippen LogP contribution in [-0.4, -0.2) is 23.4 Å². The maximum absolute atomic E-state index is 11.1. The molecule has 4 nitrogen and oxygen atoms in total. The van der Waals surface area contributed by atoms with Gasteiger partial charge in [0.1, 0.15) is 0 Å². The first-order chi connectivity index (χ1) is 8.67. The number of rotatable bonds is 3. The van der Waals surface area contributed by atoms with Crippen molar-refractivity contribution in [3.05, 3.63) is 40.9 Å². The van der Waals surface area contributed by atoms with Crippen molar-refractivity contribution in [1.82, 2.24) is 9.97 Å². The van der Waals surface area contributed by atoms with Gasteiger partial charge in [0.2, 0.25) is 0 Å². The van der Waals surface area contributed by atoms with Crippen LogP contribution in [-0.2, 0) is 0 Å². The lowest BCUT2D eigenvalue weighted by atomic mass is 10.0. The largest absolute Gasteiger partial charge is 0.493 e. The molecule has 0 unspecified atom stereocenters. The third-order valence-electron chi connectivity index (χ3n) is 2.55. The van der Waals surface area contributed by atoms with Crippen LogP contribution in [0.2, 0.25) is 5.15 Å². The Balaban J connectivity index is 2.72. The molecule has 2 rings (SSSR count). The molecule has 5 heteroatoms. The molecular weight excluding hydrogens is 252 g/mol. The molecule has 18 heavy (non-hydrogen) atoms. The monoisotopic (exact) mass is 262 g/mol. The summed E-state index contributed by atoms with van der Waals surface area (Å²) in [5.41, 5.74) is 2.76. The van der Waals surface area contributed by atoms with E-state index in [1.165, 1.54) is 13.3 Å². The molecule has 0 saturated carbocycles. The average molecular weight is 263 g/mol. The van der Waals surface area contributed by atoms with Gasteiger partial charge in [-0.05, 0) is 24.6 Å². The Morgan fingerprint density at radius 3 is 2.78 bits per heavy atom. The standard InChI is InChI=1S/C13H11ClN2O2/c1-8-5-11(9(7-17)6-16-8)10-3-4-15-13(14)12(10)18-2/h3-7H,1-2H3. The molecule has 0 saturated heterocycles. The quantitative estimate of drug-likeness (QED) is 0.630. The number of halogens is 1. The van der Waals surface area contributed by atoms with Crippen LogP contribution >= 0.6 is 11.6 Å². The summed E-state index contributed by atoms with van der Waals surface area (Å²) in [6.45, 7) is 1.85. The van der Waals surface area contributed by atoms with E-state index >= 15 is 0 Å². The smallest absolute Gasteiger partial charge is 0.171 e. The number of aromatic nitrogens is 2. The molecule has 0 atom stereocenters. The number of carbonyl (C=O) groups excluding carboxylic acids is 1. The third kappa shape index (κ3) is 2.19. The van der Waals surface area contributed by atoms with Crippen molar-refractivity contribution in [2.45, 2.75) is 6.92 Å². The van der Waals surface area contributed by atoms with Crippen molar-refractivity contribution in [2.75, 3.05) is 7.11 Å². The summed E-state index contributed by atoms with van der Waals surface area (Å²) in [5, 5.41) is 0.265. The number of aldehydes is 1. The molecule has 0 fully saturated rings. The lowest BCUT2D eigenvalue weighted by Gasteiger charge is -2.11. The first kappa shape index (κ1) is 12.5. The van der Waals surface area contributed by atoms with Gasteiger partial charge in [-0.2, -0.15) is 0 Å². The van der Waals surface area contributed by atoms with E-state index in [2.05, 4.69) is 9.97 Å². The number of ether oxygens (including phenoxy) is 1. The number of hydrogen-bond donors (Lipinski definition) is 0. The van der Waals surface area contributed by atoms with Gasteiger partial charge < -0.3 is 4.74 Å². The van der Waals surface area contributed by atoms with Gasteiger partial charge in [-0.25, -0.2) is 4.98 Å². The van der Waals surface area contributed by atoms with E-state index < -0.39 is 0 Å². The fraction of sp³-hybridized carbons (Fsp3) is 0.154. The van der Waals surface area contributed by atoms with Crippen molar-refractivity contribution >= 4 is 17.9 Å². The van der Waals surface area contributed by atoms with Crippen LogP contribution in [0.1, 0.15) is 16.1 Å². The third-order valence-corrected chi connectivity index (χ3v) is 2.82. The molecule has 92 valence electrons. The summed E-state index contributed by atoms with van der Waals surface area (Å²) >= 11 is 5.97. The van der Waals surface area contributed by atoms with Crippen LogP contribution in [0.3, 0.4) is 0 Å². The van der Waals surface area contributed by atoms with Gasteiger partial charge in [-0.1, -0.05) is 11.6 Å². The molecule has 0 aliphatic rings. The van der Waals surface area contributed by atoms with Crippen molar-refractivity contribution in [1.29, 1.82) is 0 Å². The Hall–Kier alpha value is -1.94.